The van der Waals surface area contributed by atoms with Crippen LogP contribution in [0.2, 0.25) is 0 Å². The first-order chi connectivity index (χ1) is 21.5. The largest absolute Gasteiger partial charge is 0.480 e. The lowest BCUT2D eigenvalue weighted by Crippen LogP contribution is -2.60. The number of benzene rings is 1. The Kier molecular flexibility index (Phi) is 12.1. The van der Waals surface area contributed by atoms with Gasteiger partial charge >= 0.3 is 12.1 Å². The van der Waals surface area contributed by atoms with Crippen LogP contribution in [0.25, 0.3) is 0 Å². The molecule has 6 atom stereocenters. The number of aliphatic carboxylic acids is 1. The Morgan fingerprint density at radius 3 is 2.22 bits per heavy atom. The van der Waals surface area contributed by atoms with Gasteiger partial charge in [-0.25, -0.2) is 9.59 Å². The maximum Gasteiger partial charge on any atom is 0.408 e. The van der Waals surface area contributed by atoms with Gasteiger partial charge in [-0.3, -0.25) is 24.0 Å². The van der Waals surface area contributed by atoms with Crippen LogP contribution in [0, 0.1) is 17.3 Å². The number of hydrogen-bond acceptors (Lipinski definition) is 8. The number of carboxylic acid groups (broad SMARTS) is 1. The number of Topliss-reactive ketones (excluding diaryl/α,β-unsaturated/α-hetero) is 2. The first-order valence-corrected chi connectivity index (χ1v) is 15.8. The molecule has 0 aromatic heterocycles. The van der Waals surface area contributed by atoms with Crippen molar-refractivity contribution in [2.45, 2.75) is 104 Å². The summed E-state index contributed by atoms with van der Waals surface area (Å²) in [7, 11) is 0. The van der Waals surface area contributed by atoms with Gasteiger partial charge in [0.05, 0.1) is 12.1 Å². The Morgan fingerprint density at radius 1 is 1.00 bits per heavy atom. The maximum atomic E-state index is 14.0. The fourth-order valence-corrected chi connectivity index (χ4v) is 6.10. The van der Waals surface area contributed by atoms with Crippen LogP contribution < -0.4 is 16.0 Å². The van der Waals surface area contributed by atoms with E-state index in [0.29, 0.717) is 18.4 Å². The number of likely N-dealkylation sites (tertiary alicyclic amines) is 1. The molecular weight excluding hydrogens is 596 g/mol. The molecule has 4 N–H and O–H groups in total. The van der Waals surface area contributed by atoms with E-state index in [1.165, 1.54) is 4.90 Å². The van der Waals surface area contributed by atoms with Crippen molar-refractivity contribution in [2.24, 2.45) is 17.3 Å². The molecule has 13 nitrogen and oxygen atoms in total. The first-order valence-electron chi connectivity index (χ1n) is 15.8. The molecule has 3 rings (SSSR count). The average molecular weight is 643 g/mol. The van der Waals surface area contributed by atoms with Gasteiger partial charge < -0.3 is 30.7 Å². The van der Waals surface area contributed by atoms with Crippen LogP contribution >= 0.6 is 0 Å². The third-order valence-electron chi connectivity index (χ3n) is 8.38. The second kappa shape index (κ2) is 15.3. The zero-order valence-corrected chi connectivity index (χ0v) is 27.3. The summed E-state index contributed by atoms with van der Waals surface area (Å²) in [4.78, 5) is 92.7. The van der Waals surface area contributed by atoms with Gasteiger partial charge in [0, 0.05) is 31.2 Å². The lowest BCUT2D eigenvalue weighted by molar-refractivity contribution is -0.146. The van der Waals surface area contributed by atoms with Gasteiger partial charge in [0.2, 0.25) is 17.6 Å². The minimum atomic E-state index is -1.38. The number of carbonyl (C=O) groups excluding carboxylic acids is 6. The number of ketones is 2. The molecule has 1 saturated heterocycles. The fraction of sp³-hybridized carbons (Fsp3) is 0.606. The lowest BCUT2D eigenvalue weighted by Gasteiger charge is -2.36. The Bertz CT molecular complexity index is 1320. The first kappa shape index (κ1) is 36.2. The van der Waals surface area contributed by atoms with Crippen LogP contribution in [0.3, 0.4) is 0 Å². The van der Waals surface area contributed by atoms with E-state index >= 15 is 0 Å². The van der Waals surface area contributed by atoms with Crippen molar-refractivity contribution >= 4 is 41.4 Å². The topological polar surface area (TPSA) is 188 Å². The third kappa shape index (κ3) is 8.91. The molecule has 1 unspecified atom stereocenters. The molecule has 1 heterocycles. The monoisotopic (exact) mass is 642 g/mol. The summed E-state index contributed by atoms with van der Waals surface area (Å²) < 4.78 is 5.19. The summed E-state index contributed by atoms with van der Waals surface area (Å²) in [5.74, 6) is -5.93. The van der Waals surface area contributed by atoms with E-state index in [4.69, 9.17) is 4.74 Å². The van der Waals surface area contributed by atoms with E-state index in [0.717, 1.165) is 0 Å². The minimum Gasteiger partial charge on any atom is -0.480 e. The average Bonchev–Trinajstić information content (AvgIpc) is 3.53. The van der Waals surface area contributed by atoms with Gasteiger partial charge in [-0.15, -0.1) is 0 Å². The van der Waals surface area contributed by atoms with E-state index in [9.17, 15) is 38.7 Å². The zero-order chi connectivity index (χ0) is 34.3. The molecule has 252 valence electrons. The highest BCUT2D eigenvalue weighted by Crippen LogP contribution is 2.41. The highest BCUT2D eigenvalue weighted by molar-refractivity contribution is 6.38. The Hall–Kier alpha value is -4.29. The summed E-state index contributed by atoms with van der Waals surface area (Å²) in [6, 6.07) is 3.72. The highest BCUT2D eigenvalue weighted by Gasteiger charge is 2.55. The predicted molar refractivity (Wildman–Crippen MR) is 166 cm³/mol. The van der Waals surface area contributed by atoms with Crippen LogP contribution in [-0.2, 0) is 39.9 Å². The molecule has 1 aromatic carbocycles. The van der Waals surface area contributed by atoms with E-state index in [-0.39, 0.29) is 31.6 Å². The number of carboxylic acids is 1. The molecule has 4 amide bonds. The van der Waals surface area contributed by atoms with E-state index in [2.05, 4.69) is 16.0 Å². The van der Waals surface area contributed by atoms with E-state index in [1.54, 1.807) is 71.9 Å². The highest BCUT2D eigenvalue weighted by atomic mass is 16.6. The van der Waals surface area contributed by atoms with Crippen molar-refractivity contribution < 1.29 is 43.4 Å². The second-order valence-corrected chi connectivity index (χ2v) is 13.4. The molecule has 46 heavy (non-hydrogen) atoms. The minimum absolute atomic E-state index is 0.0272. The molecule has 0 radical (unpaired) electrons. The molecule has 1 aliphatic heterocycles. The second-order valence-electron chi connectivity index (χ2n) is 13.4. The van der Waals surface area contributed by atoms with Gasteiger partial charge in [0.15, 0.2) is 0 Å². The number of carbonyl (C=O) groups is 7. The molecule has 0 spiro atoms. The van der Waals surface area contributed by atoms with Crippen LogP contribution in [0.1, 0.15) is 72.8 Å². The fourth-order valence-electron chi connectivity index (χ4n) is 6.10. The molecule has 2 aliphatic rings. The third-order valence-corrected chi connectivity index (χ3v) is 8.38. The van der Waals surface area contributed by atoms with Crippen molar-refractivity contribution in [3.05, 3.63) is 35.9 Å². The Labute approximate surface area is 269 Å². The van der Waals surface area contributed by atoms with Crippen molar-refractivity contribution in [1.29, 1.82) is 0 Å². The van der Waals surface area contributed by atoms with Crippen molar-refractivity contribution in [3.63, 3.8) is 0 Å². The summed E-state index contributed by atoms with van der Waals surface area (Å²) in [6.45, 7) is 10.3. The van der Waals surface area contributed by atoms with Crippen LogP contribution in [-0.4, -0.2) is 88.2 Å². The maximum absolute atomic E-state index is 14.0. The number of nitrogens with one attached hydrogen (secondary N) is 3. The molecule has 0 bridgehead atoms. The normalized spacial score (nSPS) is 21.2. The van der Waals surface area contributed by atoms with Crippen molar-refractivity contribution in [2.75, 3.05) is 6.54 Å². The van der Waals surface area contributed by atoms with E-state index in [1.807, 2.05) is 0 Å². The summed E-state index contributed by atoms with van der Waals surface area (Å²) in [6.07, 6.45) is -0.193. The SMILES string of the molecule is CCCC(NC(=O)[C@@H]1[C@H]2CCC(=O)[C@H]2CN1C(=O)[C@@H](NC(=O)OC(C)C)C(C)(C)C)C(=O)C(=O)N[C@@H](Cc1ccccc1)C(=O)O. The number of ether oxygens (including phenoxy) is 1. The smallest absolute Gasteiger partial charge is 0.408 e. The number of rotatable bonds is 13. The lowest BCUT2D eigenvalue weighted by atomic mass is 9.85. The van der Waals surface area contributed by atoms with E-state index < -0.39 is 83.1 Å². The number of nitrogens with zero attached hydrogens (tertiary/aromatic N) is 1. The zero-order valence-electron chi connectivity index (χ0n) is 27.3. The van der Waals surface area contributed by atoms with Crippen LogP contribution in [0.4, 0.5) is 4.79 Å². The summed E-state index contributed by atoms with van der Waals surface area (Å²) in [5, 5.41) is 17.2. The molecular formula is C33H46N4O9. The van der Waals surface area contributed by atoms with Crippen molar-refractivity contribution in [3.8, 4) is 0 Å². The molecule has 13 heteroatoms. The van der Waals surface area contributed by atoms with Gasteiger partial charge in [0.1, 0.15) is 23.9 Å². The molecule has 1 aliphatic carbocycles. The van der Waals surface area contributed by atoms with Gasteiger partial charge in [-0.05, 0) is 37.7 Å². The van der Waals surface area contributed by atoms with Gasteiger partial charge in [-0.2, -0.15) is 0 Å². The summed E-state index contributed by atoms with van der Waals surface area (Å²) >= 11 is 0. The standard InChI is InChI=1S/C33H46N4O9/c1-7-11-22(26(39)29(41)35-23(31(43)44)16-19-12-9-8-10-13-19)34-28(40)25-20-14-15-24(38)21(20)17-37(25)30(42)27(33(4,5)6)36-32(45)46-18(2)3/h8-10,12-13,18,20-23,25,27H,7,11,14-17H2,1-6H3,(H,34,40)(H,35,41)(H,36,45)(H,43,44)/t20-,21-,22?,23-,25-,27+/m0/s1. The Morgan fingerprint density at radius 2 is 1.65 bits per heavy atom. The molecule has 1 saturated carbocycles. The number of alkyl carbamates (subject to hydrolysis) is 1. The Balaban J connectivity index is 1.83. The van der Waals surface area contributed by atoms with Crippen LogP contribution in [0.5, 0.6) is 0 Å². The molecule has 1 aromatic rings. The molecule has 2 fully saturated rings. The van der Waals surface area contributed by atoms with Gasteiger partial charge in [-0.1, -0.05) is 64.4 Å². The number of fused-ring (bicyclic) bond motifs is 1. The predicted octanol–water partition coefficient (Wildman–Crippen LogP) is 2.01. The summed E-state index contributed by atoms with van der Waals surface area (Å²) in [5.41, 5.74) is -0.150. The van der Waals surface area contributed by atoms with Crippen LogP contribution in [0.15, 0.2) is 30.3 Å². The van der Waals surface area contributed by atoms with Crippen molar-refractivity contribution in [1.82, 2.24) is 20.9 Å². The number of amides is 4. The van der Waals surface area contributed by atoms with Gasteiger partial charge in [0.25, 0.3) is 5.91 Å². The number of hydrogen-bond donors (Lipinski definition) is 4. The quantitative estimate of drug-likeness (QED) is 0.233.